The maximum absolute atomic E-state index is 13.7. The van der Waals surface area contributed by atoms with Crippen LogP contribution in [0.25, 0.3) is 0 Å². The van der Waals surface area contributed by atoms with E-state index < -0.39 is 23.7 Å². The average Bonchev–Trinajstić information content (AvgIpc) is 3.36. The highest BCUT2D eigenvalue weighted by atomic mass is 19.1. The predicted octanol–water partition coefficient (Wildman–Crippen LogP) is 4.44. The van der Waals surface area contributed by atoms with E-state index in [0.717, 1.165) is 11.6 Å². The van der Waals surface area contributed by atoms with Gasteiger partial charge in [0.2, 0.25) is 0 Å². The minimum atomic E-state index is -0.548. The fourth-order valence-electron chi connectivity index (χ4n) is 4.14. The summed E-state index contributed by atoms with van der Waals surface area (Å²) in [5.74, 6) is -1.17. The van der Waals surface area contributed by atoms with Crippen molar-refractivity contribution in [3.63, 3.8) is 0 Å². The molecule has 1 aliphatic heterocycles. The standard InChI is InChI=1S/C28H27F2N3O4/c1-36-15-14-32(28(35)21-4-3-5-23(30)16-21)18-27(34)33-26(20-6-10-22(29)11-7-20)17-25(31-33)19-8-12-24(37-2)13-9-19/h3-13,16,26H,14-15,17-18H2,1-2H3/t26-/m1/s1. The lowest BCUT2D eigenvalue weighted by Gasteiger charge is -2.27. The molecule has 0 N–H and O–H groups in total. The highest BCUT2D eigenvalue weighted by Crippen LogP contribution is 2.33. The summed E-state index contributed by atoms with van der Waals surface area (Å²) in [6.07, 6.45) is 0.402. The molecule has 0 saturated heterocycles. The van der Waals surface area contributed by atoms with Crippen molar-refractivity contribution in [2.45, 2.75) is 12.5 Å². The van der Waals surface area contributed by atoms with Gasteiger partial charge in [-0.25, -0.2) is 13.8 Å². The zero-order chi connectivity index (χ0) is 26.4. The van der Waals surface area contributed by atoms with E-state index in [1.54, 1.807) is 31.4 Å². The van der Waals surface area contributed by atoms with Gasteiger partial charge in [-0.1, -0.05) is 18.2 Å². The fraction of sp³-hybridized carbons (Fsp3) is 0.250. The highest BCUT2D eigenvalue weighted by molar-refractivity contribution is 6.03. The molecule has 0 saturated carbocycles. The predicted molar refractivity (Wildman–Crippen MR) is 134 cm³/mol. The third kappa shape index (κ3) is 6.18. The van der Waals surface area contributed by atoms with Crippen LogP contribution in [0.1, 0.15) is 33.9 Å². The second-order valence-corrected chi connectivity index (χ2v) is 8.51. The maximum atomic E-state index is 13.7. The monoisotopic (exact) mass is 507 g/mol. The molecule has 7 nitrogen and oxygen atoms in total. The number of ether oxygens (including phenoxy) is 2. The second kappa shape index (κ2) is 11.7. The first-order chi connectivity index (χ1) is 17.9. The summed E-state index contributed by atoms with van der Waals surface area (Å²) in [7, 11) is 3.07. The van der Waals surface area contributed by atoms with Gasteiger partial charge in [0.1, 0.15) is 23.9 Å². The number of amides is 2. The Morgan fingerprint density at radius 1 is 1.00 bits per heavy atom. The van der Waals surface area contributed by atoms with Crippen molar-refractivity contribution in [3.8, 4) is 5.75 Å². The van der Waals surface area contributed by atoms with Crippen LogP contribution in [0.5, 0.6) is 5.75 Å². The number of hydrazone groups is 1. The molecule has 0 aliphatic carbocycles. The van der Waals surface area contributed by atoms with Crippen molar-refractivity contribution >= 4 is 17.5 Å². The number of hydrogen-bond acceptors (Lipinski definition) is 5. The summed E-state index contributed by atoms with van der Waals surface area (Å²) in [5.41, 5.74) is 2.32. The number of halogens is 2. The van der Waals surface area contributed by atoms with Gasteiger partial charge in [-0.2, -0.15) is 5.10 Å². The van der Waals surface area contributed by atoms with E-state index in [1.165, 1.54) is 47.4 Å². The van der Waals surface area contributed by atoms with Gasteiger partial charge in [0.15, 0.2) is 0 Å². The summed E-state index contributed by atoms with van der Waals surface area (Å²) < 4.78 is 37.7. The molecular weight excluding hydrogens is 480 g/mol. The molecule has 0 bridgehead atoms. The minimum Gasteiger partial charge on any atom is -0.497 e. The molecular formula is C28H27F2N3O4. The lowest BCUT2D eigenvalue weighted by atomic mass is 9.98. The number of hydrogen-bond donors (Lipinski definition) is 0. The van der Waals surface area contributed by atoms with Gasteiger partial charge in [-0.15, -0.1) is 0 Å². The molecule has 37 heavy (non-hydrogen) atoms. The Kier molecular flexibility index (Phi) is 8.25. The van der Waals surface area contributed by atoms with E-state index in [0.29, 0.717) is 23.4 Å². The molecule has 0 spiro atoms. The van der Waals surface area contributed by atoms with Crippen molar-refractivity contribution in [2.24, 2.45) is 5.10 Å². The van der Waals surface area contributed by atoms with E-state index in [-0.39, 0.29) is 31.1 Å². The Balaban J connectivity index is 1.62. The molecule has 1 aliphatic rings. The van der Waals surface area contributed by atoms with Crippen LogP contribution < -0.4 is 4.74 Å². The third-order valence-corrected chi connectivity index (χ3v) is 6.09. The average molecular weight is 508 g/mol. The van der Waals surface area contributed by atoms with Crippen LogP contribution in [0.4, 0.5) is 8.78 Å². The Labute approximate surface area is 213 Å². The maximum Gasteiger partial charge on any atom is 0.262 e. The van der Waals surface area contributed by atoms with Crippen molar-refractivity contribution < 1.29 is 27.8 Å². The number of rotatable bonds is 9. The normalized spacial score (nSPS) is 14.9. The van der Waals surface area contributed by atoms with E-state index >= 15 is 0 Å². The summed E-state index contributed by atoms with van der Waals surface area (Å²) in [6, 6.07) is 18.0. The molecule has 3 aromatic rings. The molecule has 1 heterocycles. The fourth-order valence-corrected chi connectivity index (χ4v) is 4.14. The summed E-state index contributed by atoms with van der Waals surface area (Å²) in [6.45, 7) is 0.0214. The molecule has 0 radical (unpaired) electrons. The van der Waals surface area contributed by atoms with E-state index in [9.17, 15) is 18.4 Å². The number of benzene rings is 3. The second-order valence-electron chi connectivity index (χ2n) is 8.51. The van der Waals surface area contributed by atoms with Gasteiger partial charge in [0, 0.05) is 25.6 Å². The summed E-state index contributed by atoms with van der Waals surface area (Å²) in [5, 5.41) is 5.95. The van der Waals surface area contributed by atoms with Crippen molar-refractivity contribution in [1.29, 1.82) is 0 Å². The quantitative estimate of drug-likeness (QED) is 0.429. The number of nitrogens with zero attached hydrogens (tertiary/aromatic N) is 3. The van der Waals surface area contributed by atoms with Gasteiger partial charge in [-0.3, -0.25) is 9.59 Å². The molecule has 4 rings (SSSR count). The first-order valence-corrected chi connectivity index (χ1v) is 11.7. The largest absolute Gasteiger partial charge is 0.497 e. The Morgan fingerprint density at radius 3 is 2.38 bits per heavy atom. The first kappa shape index (κ1) is 26.0. The molecule has 0 fully saturated rings. The molecule has 9 heteroatoms. The Morgan fingerprint density at radius 2 is 1.73 bits per heavy atom. The van der Waals surface area contributed by atoms with Crippen molar-refractivity contribution in [1.82, 2.24) is 9.91 Å². The number of carbonyl (C=O) groups is 2. The lowest BCUT2D eigenvalue weighted by molar-refractivity contribution is -0.133. The van der Waals surface area contributed by atoms with Gasteiger partial charge in [0.25, 0.3) is 11.8 Å². The van der Waals surface area contributed by atoms with Gasteiger partial charge in [-0.05, 0) is 65.7 Å². The third-order valence-electron chi connectivity index (χ3n) is 6.09. The lowest BCUT2D eigenvalue weighted by Crippen LogP contribution is -2.42. The number of carbonyl (C=O) groups excluding carboxylic acids is 2. The summed E-state index contributed by atoms with van der Waals surface area (Å²) >= 11 is 0. The van der Waals surface area contributed by atoms with Crippen molar-refractivity contribution in [3.05, 3.63) is 101 Å². The summed E-state index contributed by atoms with van der Waals surface area (Å²) in [4.78, 5) is 28.0. The van der Waals surface area contributed by atoms with Gasteiger partial charge < -0.3 is 14.4 Å². The van der Waals surface area contributed by atoms with Crippen molar-refractivity contribution in [2.75, 3.05) is 33.9 Å². The van der Waals surface area contributed by atoms with Gasteiger partial charge >= 0.3 is 0 Å². The molecule has 3 aromatic carbocycles. The number of methoxy groups -OCH3 is 2. The molecule has 0 aromatic heterocycles. The highest BCUT2D eigenvalue weighted by Gasteiger charge is 2.34. The minimum absolute atomic E-state index is 0.127. The van der Waals surface area contributed by atoms with E-state index in [4.69, 9.17) is 9.47 Å². The van der Waals surface area contributed by atoms with Crippen LogP contribution in [0, 0.1) is 11.6 Å². The Bertz CT molecular complexity index is 1280. The van der Waals surface area contributed by atoms with Crippen LogP contribution in [0.3, 0.4) is 0 Å². The van der Waals surface area contributed by atoms with Crippen LogP contribution in [0.15, 0.2) is 77.9 Å². The van der Waals surface area contributed by atoms with Crippen LogP contribution in [0.2, 0.25) is 0 Å². The van der Waals surface area contributed by atoms with Gasteiger partial charge in [0.05, 0.1) is 25.5 Å². The van der Waals surface area contributed by atoms with Crippen LogP contribution in [-0.2, 0) is 9.53 Å². The Hall–Kier alpha value is -4.11. The van der Waals surface area contributed by atoms with E-state index in [1.807, 2.05) is 12.1 Å². The SMILES string of the molecule is COCCN(CC(=O)N1N=C(c2ccc(OC)cc2)C[C@@H]1c1ccc(F)cc1)C(=O)c1cccc(F)c1. The van der Waals surface area contributed by atoms with E-state index in [2.05, 4.69) is 5.10 Å². The topological polar surface area (TPSA) is 71.4 Å². The molecule has 2 amide bonds. The molecule has 0 unspecified atom stereocenters. The first-order valence-electron chi connectivity index (χ1n) is 11.7. The molecule has 1 atom stereocenters. The zero-order valence-electron chi connectivity index (χ0n) is 20.6. The zero-order valence-corrected chi connectivity index (χ0v) is 20.6. The van der Waals surface area contributed by atoms with Crippen LogP contribution >= 0.6 is 0 Å². The van der Waals surface area contributed by atoms with Crippen LogP contribution in [-0.4, -0.2) is 61.4 Å². The smallest absolute Gasteiger partial charge is 0.262 e. The molecule has 192 valence electrons.